The Morgan fingerprint density at radius 1 is 1.38 bits per heavy atom. The number of nitrogens with one attached hydrogen (secondary N) is 1. The van der Waals surface area contributed by atoms with Crippen molar-refractivity contribution in [3.63, 3.8) is 0 Å². The molecule has 0 radical (unpaired) electrons. The predicted octanol–water partition coefficient (Wildman–Crippen LogP) is 3.63. The molecule has 0 amide bonds. The summed E-state index contributed by atoms with van der Waals surface area (Å²) in [5.41, 5.74) is 0.424. The zero-order valence-electron chi connectivity index (χ0n) is 11.0. The molecule has 2 nitrogen and oxygen atoms in total. The number of hydrogen-bond acceptors (Lipinski definition) is 2. The summed E-state index contributed by atoms with van der Waals surface area (Å²) >= 11 is 0. The first-order valence-corrected chi connectivity index (χ1v) is 6.23. The Balaban J connectivity index is 2.09. The summed E-state index contributed by atoms with van der Waals surface area (Å²) in [6.07, 6.45) is 5.12. The Labute approximate surface area is 99.4 Å². The smallest absolute Gasteiger partial charge is 0.103 e. The third kappa shape index (κ3) is 5.96. The van der Waals surface area contributed by atoms with E-state index in [0.717, 1.165) is 25.1 Å². The molecule has 0 saturated carbocycles. The maximum atomic E-state index is 5.31. The van der Waals surface area contributed by atoms with Gasteiger partial charge in [-0.3, -0.25) is 0 Å². The maximum Gasteiger partial charge on any atom is 0.103 e. The van der Waals surface area contributed by atoms with Gasteiger partial charge >= 0.3 is 0 Å². The molecule has 0 saturated heterocycles. The normalized spacial score (nSPS) is 14.0. The zero-order chi connectivity index (χ0) is 12.0. The average molecular weight is 223 g/mol. The van der Waals surface area contributed by atoms with Crippen LogP contribution in [-0.4, -0.2) is 12.6 Å². The molecule has 92 valence electrons. The van der Waals surface area contributed by atoms with Crippen LogP contribution in [0.4, 0.5) is 0 Å². The second-order valence-electron chi connectivity index (χ2n) is 5.78. The van der Waals surface area contributed by atoms with Crippen molar-refractivity contribution < 1.29 is 4.42 Å². The molecule has 1 unspecified atom stereocenters. The van der Waals surface area contributed by atoms with E-state index in [0.29, 0.717) is 11.5 Å². The van der Waals surface area contributed by atoms with Gasteiger partial charge in [-0.2, -0.15) is 0 Å². The molecule has 1 rings (SSSR count). The van der Waals surface area contributed by atoms with Gasteiger partial charge in [0, 0.05) is 12.5 Å². The topological polar surface area (TPSA) is 25.2 Å². The van der Waals surface area contributed by atoms with Gasteiger partial charge in [0.2, 0.25) is 0 Å². The molecule has 1 aromatic rings. The van der Waals surface area contributed by atoms with Gasteiger partial charge in [-0.25, -0.2) is 0 Å². The number of aryl methyl sites for hydroxylation is 1. The van der Waals surface area contributed by atoms with Crippen molar-refractivity contribution in [1.82, 2.24) is 5.32 Å². The molecule has 1 heterocycles. The predicted molar refractivity (Wildman–Crippen MR) is 68.6 cm³/mol. The lowest BCUT2D eigenvalue weighted by molar-refractivity contribution is 0.352. The van der Waals surface area contributed by atoms with Crippen LogP contribution in [-0.2, 0) is 6.42 Å². The molecule has 16 heavy (non-hydrogen) atoms. The Morgan fingerprint density at radius 3 is 2.69 bits per heavy atom. The zero-order valence-corrected chi connectivity index (χ0v) is 11.0. The van der Waals surface area contributed by atoms with Gasteiger partial charge in [0.15, 0.2) is 0 Å². The molecule has 1 atom stereocenters. The van der Waals surface area contributed by atoms with Gasteiger partial charge in [0.1, 0.15) is 5.76 Å². The van der Waals surface area contributed by atoms with Gasteiger partial charge < -0.3 is 9.73 Å². The molecule has 0 fully saturated rings. The summed E-state index contributed by atoms with van der Waals surface area (Å²) in [6, 6.07) is 4.56. The summed E-state index contributed by atoms with van der Waals surface area (Å²) < 4.78 is 5.31. The maximum absolute atomic E-state index is 5.31. The fraction of sp³-hybridized carbons (Fsp3) is 0.714. The molecule has 0 bridgehead atoms. The largest absolute Gasteiger partial charge is 0.469 e. The summed E-state index contributed by atoms with van der Waals surface area (Å²) in [6.45, 7) is 10.2. The number of hydrogen-bond donors (Lipinski definition) is 1. The van der Waals surface area contributed by atoms with Crippen LogP contribution in [0.15, 0.2) is 22.8 Å². The first kappa shape index (κ1) is 13.3. The second kappa shape index (κ2) is 6.09. The van der Waals surface area contributed by atoms with Gasteiger partial charge in [-0.1, -0.05) is 20.8 Å². The molecule has 0 spiro atoms. The highest BCUT2D eigenvalue weighted by Crippen LogP contribution is 2.17. The summed E-state index contributed by atoms with van der Waals surface area (Å²) in [5.74, 6) is 1.09. The van der Waals surface area contributed by atoms with Crippen molar-refractivity contribution in [2.75, 3.05) is 6.54 Å². The summed E-state index contributed by atoms with van der Waals surface area (Å²) in [4.78, 5) is 0. The third-order valence-corrected chi connectivity index (χ3v) is 2.77. The summed E-state index contributed by atoms with van der Waals surface area (Å²) in [5, 5.41) is 3.56. The molecule has 0 aliphatic heterocycles. The van der Waals surface area contributed by atoms with E-state index in [-0.39, 0.29) is 0 Å². The van der Waals surface area contributed by atoms with Crippen molar-refractivity contribution in [3.05, 3.63) is 24.2 Å². The molecule has 0 aliphatic rings. The standard InChI is InChI=1S/C14H25NO/c1-12(15-10-9-14(2,3)4)7-8-13-6-5-11-16-13/h5-6,11-12,15H,7-10H2,1-4H3. The van der Waals surface area contributed by atoms with Crippen molar-refractivity contribution in [2.45, 2.75) is 53.0 Å². The highest BCUT2D eigenvalue weighted by molar-refractivity contribution is 4.98. The van der Waals surface area contributed by atoms with E-state index in [1.807, 2.05) is 12.1 Å². The number of rotatable bonds is 6. The molecule has 2 heteroatoms. The Hall–Kier alpha value is -0.760. The van der Waals surface area contributed by atoms with E-state index < -0.39 is 0 Å². The lowest BCUT2D eigenvalue weighted by Crippen LogP contribution is -2.29. The Kier molecular flexibility index (Phi) is 5.07. The van der Waals surface area contributed by atoms with E-state index in [2.05, 4.69) is 33.0 Å². The van der Waals surface area contributed by atoms with Crippen LogP contribution in [0.1, 0.15) is 46.3 Å². The first-order valence-electron chi connectivity index (χ1n) is 6.23. The van der Waals surface area contributed by atoms with E-state index in [1.54, 1.807) is 6.26 Å². The first-order chi connectivity index (χ1) is 7.47. The van der Waals surface area contributed by atoms with Crippen LogP contribution in [0.5, 0.6) is 0 Å². The lowest BCUT2D eigenvalue weighted by Gasteiger charge is -2.20. The van der Waals surface area contributed by atoms with Gasteiger partial charge in [0.05, 0.1) is 6.26 Å². The van der Waals surface area contributed by atoms with E-state index >= 15 is 0 Å². The minimum atomic E-state index is 0.424. The highest BCUT2D eigenvalue weighted by atomic mass is 16.3. The highest BCUT2D eigenvalue weighted by Gasteiger charge is 2.10. The second-order valence-corrected chi connectivity index (χ2v) is 5.78. The number of furan rings is 1. The van der Waals surface area contributed by atoms with Crippen molar-refractivity contribution in [3.8, 4) is 0 Å². The van der Waals surface area contributed by atoms with E-state index in [9.17, 15) is 0 Å². The molecule has 0 aromatic carbocycles. The molecular weight excluding hydrogens is 198 g/mol. The molecule has 0 aliphatic carbocycles. The van der Waals surface area contributed by atoms with Gasteiger partial charge in [-0.15, -0.1) is 0 Å². The van der Waals surface area contributed by atoms with Crippen LogP contribution in [0, 0.1) is 5.41 Å². The molecule has 1 aromatic heterocycles. The lowest BCUT2D eigenvalue weighted by atomic mass is 9.92. The van der Waals surface area contributed by atoms with Gasteiger partial charge in [-0.05, 0) is 43.9 Å². The monoisotopic (exact) mass is 223 g/mol. The van der Waals surface area contributed by atoms with Crippen molar-refractivity contribution in [2.24, 2.45) is 5.41 Å². The molecular formula is C14H25NO. The van der Waals surface area contributed by atoms with Crippen LogP contribution < -0.4 is 5.32 Å². The van der Waals surface area contributed by atoms with Crippen molar-refractivity contribution in [1.29, 1.82) is 0 Å². The quantitative estimate of drug-likeness (QED) is 0.796. The Morgan fingerprint density at radius 2 is 2.12 bits per heavy atom. The fourth-order valence-corrected chi connectivity index (χ4v) is 1.61. The van der Waals surface area contributed by atoms with Gasteiger partial charge in [0.25, 0.3) is 0 Å². The van der Waals surface area contributed by atoms with E-state index in [4.69, 9.17) is 4.42 Å². The van der Waals surface area contributed by atoms with Crippen LogP contribution >= 0.6 is 0 Å². The van der Waals surface area contributed by atoms with Crippen LogP contribution in [0.25, 0.3) is 0 Å². The minimum Gasteiger partial charge on any atom is -0.469 e. The van der Waals surface area contributed by atoms with Crippen LogP contribution in [0.3, 0.4) is 0 Å². The fourth-order valence-electron chi connectivity index (χ4n) is 1.61. The SMILES string of the molecule is CC(CCc1ccco1)NCCC(C)(C)C. The molecule has 1 N–H and O–H groups in total. The average Bonchev–Trinajstić information content (AvgIpc) is 2.65. The van der Waals surface area contributed by atoms with Crippen LogP contribution in [0.2, 0.25) is 0 Å². The van der Waals surface area contributed by atoms with E-state index in [1.165, 1.54) is 6.42 Å². The Bertz CT molecular complexity index is 271. The summed E-state index contributed by atoms with van der Waals surface area (Å²) in [7, 11) is 0. The third-order valence-electron chi connectivity index (χ3n) is 2.77. The van der Waals surface area contributed by atoms with Crippen molar-refractivity contribution >= 4 is 0 Å². The minimum absolute atomic E-state index is 0.424.